The summed E-state index contributed by atoms with van der Waals surface area (Å²) in [5, 5.41) is 2.94. The lowest BCUT2D eigenvalue weighted by atomic mass is 9.68. The molecule has 1 amide bonds. The van der Waals surface area contributed by atoms with Crippen LogP contribution in [0.5, 0.6) is 0 Å². The molecule has 1 saturated carbocycles. The molecule has 1 fully saturated rings. The summed E-state index contributed by atoms with van der Waals surface area (Å²) >= 11 is 4.99. The van der Waals surface area contributed by atoms with Gasteiger partial charge in [-0.2, -0.15) is 0 Å². The van der Waals surface area contributed by atoms with Crippen molar-refractivity contribution in [1.82, 2.24) is 5.32 Å². The Morgan fingerprint density at radius 1 is 1.41 bits per heavy atom. The second kappa shape index (κ2) is 6.91. The third-order valence-corrected chi connectivity index (χ3v) is 3.81. The summed E-state index contributed by atoms with van der Waals surface area (Å²) < 4.78 is 4.96. The summed E-state index contributed by atoms with van der Waals surface area (Å²) in [7, 11) is 1.70. The van der Waals surface area contributed by atoms with Crippen molar-refractivity contribution in [2.24, 2.45) is 11.1 Å². The van der Waals surface area contributed by atoms with E-state index in [9.17, 15) is 4.79 Å². The molecule has 0 aliphatic heterocycles. The van der Waals surface area contributed by atoms with Crippen LogP contribution in [-0.4, -0.2) is 31.2 Å². The summed E-state index contributed by atoms with van der Waals surface area (Å²) in [5.74, 6) is 0.0167. The van der Waals surface area contributed by atoms with Crippen LogP contribution >= 0.6 is 12.2 Å². The summed E-state index contributed by atoms with van der Waals surface area (Å²) in [6, 6.07) is 0. The maximum atomic E-state index is 12.0. The highest BCUT2D eigenvalue weighted by Crippen LogP contribution is 2.41. The van der Waals surface area contributed by atoms with E-state index in [0.29, 0.717) is 11.5 Å². The average Bonchev–Trinajstić information content (AvgIpc) is 2.21. The quantitative estimate of drug-likeness (QED) is 0.510. The van der Waals surface area contributed by atoms with Crippen molar-refractivity contribution in [3.8, 4) is 0 Å². The van der Waals surface area contributed by atoms with Gasteiger partial charge in [0.25, 0.3) is 0 Å². The summed E-state index contributed by atoms with van der Waals surface area (Å²) in [6.45, 7) is 1.48. The van der Waals surface area contributed by atoms with Gasteiger partial charge in [-0.05, 0) is 32.1 Å². The van der Waals surface area contributed by atoms with Crippen molar-refractivity contribution in [2.45, 2.75) is 38.5 Å². The van der Waals surface area contributed by atoms with Gasteiger partial charge in [-0.1, -0.05) is 18.6 Å². The Kier molecular flexibility index (Phi) is 5.85. The zero-order chi connectivity index (χ0) is 12.7. The van der Waals surface area contributed by atoms with Gasteiger partial charge in [0.2, 0.25) is 5.91 Å². The fourth-order valence-corrected chi connectivity index (χ4v) is 2.33. The van der Waals surface area contributed by atoms with Crippen LogP contribution in [0.4, 0.5) is 0 Å². The normalized spacial score (nSPS) is 17.2. The lowest BCUT2D eigenvalue weighted by Crippen LogP contribution is -2.53. The Morgan fingerprint density at radius 3 is 2.59 bits per heavy atom. The van der Waals surface area contributed by atoms with E-state index in [1.165, 1.54) is 0 Å². The van der Waals surface area contributed by atoms with Crippen molar-refractivity contribution >= 4 is 23.1 Å². The first-order chi connectivity index (χ1) is 8.13. The van der Waals surface area contributed by atoms with Gasteiger partial charge in [0.05, 0.1) is 10.4 Å². The number of nitrogens with one attached hydrogen (secondary N) is 1. The molecule has 0 radical (unpaired) electrons. The smallest absolute Gasteiger partial charge is 0.233 e. The van der Waals surface area contributed by atoms with Crippen LogP contribution in [-0.2, 0) is 9.53 Å². The van der Waals surface area contributed by atoms with Crippen LogP contribution < -0.4 is 11.1 Å². The highest BCUT2D eigenvalue weighted by molar-refractivity contribution is 7.80. The van der Waals surface area contributed by atoms with Crippen LogP contribution in [0.15, 0.2) is 0 Å². The minimum Gasteiger partial charge on any atom is -0.392 e. The summed E-state index contributed by atoms with van der Waals surface area (Å²) in [4.78, 5) is 12.3. The highest BCUT2D eigenvalue weighted by atomic mass is 32.1. The van der Waals surface area contributed by atoms with Crippen LogP contribution in [0.3, 0.4) is 0 Å². The Balaban J connectivity index is 2.18. The van der Waals surface area contributed by atoms with E-state index in [0.717, 1.165) is 45.1 Å². The molecular weight excluding hydrogens is 236 g/mol. The Hall–Kier alpha value is -0.680. The van der Waals surface area contributed by atoms with Gasteiger partial charge in [0.15, 0.2) is 0 Å². The van der Waals surface area contributed by atoms with E-state index in [4.69, 9.17) is 22.7 Å². The number of thiocarbonyl (C=S) groups is 1. The molecule has 0 spiro atoms. The first kappa shape index (κ1) is 14.4. The number of amides is 1. The Morgan fingerprint density at radius 2 is 2.12 bits per heavy atom. The standard InChI is InChI=1S/C12H22N2O2S/c1-16-9-4-2-3-8-14-11(15)12(10(13)17)6-5-7-12/h2-9H2,1H3,(H2,13,17)(H,14,15). The molecule has 1 aliphatic rings. The molecule has 1 rings (SSSR count). The molecular formula is C12H22N2O2S. The van der Waals surface area contributed by atoms with Gasteiger partial charge in [-0.25, -0.2) is 0 Å². The molecule has 17 heavy (non-hydrogen) atoms. The number of carbonyl (C=O) groups excluding carboxylic acids is 1. The van der Waals surface area contributed by atoms with Gasteiger partial charge >= 0.3 is 0 Å². The number of hydrogen-bond acceptors (Lipinski definition) is 3. The van der Waals surface area contributed by atoms with Crippen LogP contribution in [0, 0.1) is 5.41 Å². The van der Waals surface area contributed by atoms with Gasteiger partial charge in [-0.15, -0.1) is 0 Å². The number of unbranched alkanes of at least 4 members (excludes halogenated alkanes) is 2. The molecule has 0 heterocycles. The molecule has 0 aromatic carbocycles. The number of nitrogens with two attached hydrogens (primary N) is 1. The molecule has 5 heteroatoms. The first-order valence-corrected chi connectivity index (χ1v) is 6.61. The highest BCUT2D eigenvalue weighted by Gasteiger charge is 2.46. The second-order valence-corrected chi connectivity index (χ2v) is 5.05. The maximum Gasteiger partial charge on any atom is 0.233 e. The minimum atomic E-state index is -0.540. The van der Waals surface area contributed by atoms with Crippen molar-refractivity contribution in [3.63, 3.8) is 0 Å². The number of carbonyl (C=O) groups is 1. The molecule has 0 bridgehead atoms. The monoisotopic (exact) mass is 258 g/mol. The van der Waals surface area contributed by atoms with Crippen LogP contribution in [0.25, 0.3) is 0 Å². The number of rotatable bonds is 8. The molecule has 0 unspecified atom stereocenters. The molecule has 0 aromatic heterocycles. The molecule has 1 aliphatic carbocycles. The number of methoxy groups -OCH3 is 1. The third-order valence-electron chi connectivity index (χ3n) is 3.42. The van der Waals surface area contributed by atoms with Gasteiger partial charge in [0.1, 0.15) is 0 Å². The minimum absolute atomic E-state index is 0.0167. The number of ether oxygens (including phenoxy) is 1. The average molecular weight is 258 g/mol. The maximum absolute atomic E-state index is 12.0. The van der Waals surface area contributed by atoms with Gasteiger partial charge in [-0.3, -0.25) is 4.79 Å². The predicted octanol–water partition coefficient (Wildman–Crippen LogP) is 1.38. The number of hydrogen-bond donors (Lipinski definition) is 2. The van der Waals surface area contributed by atoms with E-state index in [1.54, 1.807) is 7.11 Å². The summed E-state index contributed by atoms with van der Waals surface area (Å²) in [6.07, 6.45) is 5.72. The molecule has 98 valence electrons. The van der Waals surface area contributed by atoms with Crippen molar-refractivity contribution in [2.75, 3.05) is 20.3 Å². The van der Waals surface area contributed by atoms with Crippen molar-refractivity contribution < 1.29 is 9.53 Å². The van der Waals surface area contributed by atoms with E-state index in [1.807, 2.05) is 0 Å². The molecule has 0 aromatic rings. The van der Waals surface area contributed by atoms with E-state index < -0.39 is 5.41 Å². The molecule has 4 nitrogen and oxygen atoms in total. The molecule has 3 N–H and O–H groups in total. The molecule has 0 saturated heterocycles. The Bertz CT molecular complexity index is 278. The topological polar surface area (TPSA) is 64.3 Å². The molecule has 0 atom stereocenters. The zero-order valence-corrected chi connectivity index (χ0v) is 11.3. The lowest BCUT2D eigenvalue weighted by molar-refractivity contribution is -0.130. The van der Waals surface area contributed by atoms with E-state index in [-0.39, 0.29) is 5.91 Å². The fraction of sp³-hybridized carbons (Fsp3) is 0.833. The Labute approximate surface area is 108 Å². The van der Waals surface area contributed by atoms with Crippen LogP contribution in [0.2, 0.25) is 0 Å². The van der Waals surface area contributed by atoms with Crippen molar-refractivity contribution in [1.29, 1.82) is 0 Å². The third kappa shape index (κ3) is 3.64. The second-order valence-electron chi connectivity index (χ2n) is 4.61. The van der Waals surface area contributed by atoms with Gasteiger partial charge in [0, 0.05) is 20.3 Å². The predicted molar refractivity (Wildman–Crippen MR) is 71.8 cm³/mol. The van der Waals surface area contributed by atoms with Gasteiger partial charge < -0.3 is 15.8 Å². The summed E-state index contributed by atoms with van der Waals surface area (Å²) in [5.41, 5.74) is 5.12. The SMILES string of the molecule is COCCCCCNC(=O)C1(C(N)=S)CCC1. The van der Waals surface area contributed by atoms with Crippen molar-refractivity contribution in [3.05, 3.63) is 0 Å². The fourth-order valence-electron chi connectivity index (χ4n) is 2.03. The first-order valence-electron chi connectivity index (χ1n) is 6.20. The lowest BCUT2D eigenvalue weighted by Gasteiger charge is -2.39. The van der Waals surface area contributed by atoms with Crippen LogP contribution in [0.1, 0.15) is 38.5 Å². The largest absolute Gasteiger partial charge is 0.392 e. The van der Waals surface area contributed by atoms with E-state index in [2.05, 4.69) is 5.32 Å². The zero-order valence-electron chi connectivity index (χ0n) is 10.5. The van der Waals surface area contributed by atoms with E-state index >= 15 is 0 Å².